The molecule has 0 rings (SSSR count). The summed E-state index contributed by atoms with van der Waals surface area (Å²) in [5, 5.41) is 8.44. The molecule has 0 N–H and O–H groups in total. The molecule has 0 saturated carbocycles. The average Bonchev–Trinajstić information content (AvgIpc) is 2.03. The van der Waals surface area contributed by atoms with E-state index in [4.69, 9.17) is 9.69 Å². The smallest absolute Gasteiger partial charge is 0.186 e. The van der Waals surface area contributed by atoms with E-state index in [-0.39, 0.29) is 0 Å². The normalized spacial score (nSPS) is 11.7. The van der Waals surface area contributed by atoms with Gasteiger partial charge >= 0.3 is 0 Å². The molecule has 0 atom stereocenters. The molecule has 2 nitrogen and oxygen atoms in total. The third-order valence-corrected chi connectivity index (χ3v) is 4.80. The van der Waals surface area contributed by atoms with E-state index in [1.54, 1.807) is 0 Å². The van der Waals surface area contributed by atoms with Gasteiger partial charge in [-0.15, -0.1) is 0 Å². The van der Waals surface area contributed by atoms with E-state index in [1.165, 1.54) is 0 Å². The third kappa shape index (κ3) is 8.27. The maximum absolute atomic E-state index is 8.44. The summed E-state index contributed by atoms with van der Waals surface area (Å²) in [6.07, 6.45) is 2.82. The molecule has 14 heavy (non-hydrogen) atoms. The second-order valence-electron chi connectivity index (χ2n) is 4.80. The van der Waals surface area contributed by atoms with Crippen LogP contribution in [0.2, 0.25) is 19.1 Å². The molecule has 82 valence electrons. The van der Waals surface area contributed by atoms with Crippen LogP contribution in [0.4, 0.5) is 0 Å². The van der Waals surface area contributed by atoms with Gasteiger partial charge in [-0.2, -0.15) is 5.26 Å². The molecule has 0 spiro atoms. The summed E-state index contributed by atoms with van der Waals surface area (Å²) < 4.78 is 5.92. The van der Waals surface area contributed by atoms with E-state index in [9.17, 15) is 0 Å². The van der Waals surface area contributed by atoms with Crippen molar-refractivity contribution in [1.29, 1.82) is 5.26 Å². The summed E-state index contributed by atoms with van der Waals surface area (Å²) in [6, 6.07) is 3.29. The molecule has 0 heterocycles. The lowest BCUT2D eigenvalue weighted by Crippen LogP contribution is -2.30. The van der Waals surface area contributed by atoms with Gasteiger partial charge in [-0.1, -0.05) is 13.8 Å². The number of hydrogen-bond donors (Lipinski definition) is 0. The minimum Gasteiger partial charge on any atom is -0.417 e. The fraction of sp³-hybridized carbons (Fsp3) is 0.909. The summed E-state index contributed by atoms with van der Waals surface area (Å²) in [6.45, 7) is 9.81. The van der Waals surface area contributed by atoms with Crippen LogP contribution in [0.1, 0.15) is 33.1 Å². The predicted molar refractivity (Wildman–Crippen MR) is 62.5 cm³/mol. The fourth-order valence-corrected chi connectivity index (χ4v) is 3.08. The first-order valence-corrected chi connectivity index (χ1v) is 8.60. The Labute approximate surface area is 89.4 Å². The first kappa shape index (κ1) is 13.7. The standard InChI is InChI=1S/C11H23NOSi/c1-11(2)7-9-13-14(3,4)10-6-5-8-12/h11H,5-7,9-10H2,1-4H3. The molecular weight excluding hydrogens is 190 g/mol. The molecular formula is C11H23NOSi. The van der Waals surface area contributed by atoms with Gasteiger partial charge in [0, 0.05) is 13.0 Å². The van der Waals surface area contributed by atoms with Gasteiger partial charge in [0.25, 0.3) is 0 Å². The lowest BCUT2D eigenvalue weighted by Gasteiger charge is -2.22. The first-order chi connectivity index (χ1) is 6.48. The van der Waals surface area contributed by atoms with Gasteiger partial charge in [0.15, 0.2) is 8.32 Å². The van der Waals surface area contributed by atoms with Crippen LogP contribution in [0.25, 0.3) is 0 Å². The van der Waals surface area contributed by atoms with E-state index in [1.807, 2.05) is 0 Å². The Hall–Kier alpha value is -0.333. The van der Waals surface area contributed by atoms with Crippen molar-refractivity contribution in [3.05, 3.63) is 0 Å². The van der Waals surface area contributed by atoms with Crippen molar-refractivity contribution < 1.29 is 4.43 Å². The maximum atomic E-state index is 8.44. The molecule has 3 heteroatoms. The van der Waals surface area contributed by atoms with Gasteiger partial charge in [0.05, 0.1) is 6.07 Å². The highest BCUT2D eigenvalue weighted by atomic mass is 28.4. The van der Waals surface area contributed by atoms with Crippen LogP contribution in [0.5, 0.6) is 0 Å². The van der Waals surface area contributed by atoms with Crippen LogP contribution >= 0.6 is 0 Å². The molecule has 0 unspecified atom stereocenters. The minimum absolute atomic E-state index is 0.671. The highest BCUT2D eigenvalue weighted by Gasteiger charge is 2.21. The van der Waals surface area contributed by atoms with Crippen molar-refractivity contribution >= 4 is 8.32 Å². The molecule has 0 aromatic rings. The number of unbranched alkanes of at least 4 members (excludes halogenated alkanes) is 1. The van der Waals surface area contributed by atoms with Crippen molar-refractivity contribution in [3.8, 4) is 6.07 Å². The zero-order valence-electron chi connectivity index (χ0n) is 9.97. The van der Waals surface area contributed by atoms with Crippen LogP contribution in [-0.2, 0) is 4.43 Å². The van der Waals surface area contributed by atoms with Gasteiger partial charge in [-0.05, 0) is 37.9 Å². The summed E-state index contributed by atoms with van der Waals surface area (Å²) in [5.41, 5.74) is 0. The van der Waals surface area contributed by atoms with Gasteiger partial charge in [-0.3, -0.25) is 0 Å². The Morgan fingerprint density at radius 2 is 2.00 bits per heavy atom. The largest absolute Gasteiger partial charge is 0.417 e. The zero-order valence-corrected chi connectivity index (χ0v) is 11.0. The molecule has 0 radical (unpaired) electrons. The maximum Gasteiger partial charge on any atom is 0.186 e. The van der Waals surface area contributed by atoms with Gasteiger partial charge in [-0.25, -0.2) is 0 Å². The SMILES string of the molecule is CC(C)CCO[Si](C)(C)CCCC#N. The predicted octanol–water partition coefficient (Wildman–Crippen LogP) is 3.56. The van der Waals surface area contributed by atoms with Crippen molar-refractivity contribution in [2.75, 3.05) is 6.61 Å². The van der Waals surface area contributed by atoms with Crippen molar-refractivity contribution in [2.24, 2.45) is 5.92 Å². The summed E-state index contributed by atoms with van der Waals surface area (Å²) in [5.74, 6) is 0.721. The average molecular weight is 213 g/mol. The topological polar surface area (TPSA) is 33.0 Å². The zero-order chi connectivity index (χ0) is 11.0. The Morgan fingerprint density at radius 3 is 2.50 bits per heavy atom. The number of rotatable bonds is 7. The second-order valence-corrected chi connectivity index (χ2v) is 9.11. The van der Waals surface area contributed by atoms with Crippen molar-refractivity contribution in [3.63, 3.8) is 0 Å². The van der Waals surface area contributed by atoms with E-state index in [0.29, 0.717) is 6.42 Å². The van der Waals surface area contributed by atoms with Crippen LogP contribution < -0.4 is 0 Å². The Morgan fingerprint density at radius 1 is 1.36 bits per heavy atom. The quantitative estimate of drug-likeness (QED) is 0.478. The molecule has 0 aliphatic heterocycles. The van der Waals surface area contributed by atoms with Crippen LogP contribution in [0, 0.1) is 17.2 Å². The third-order valence-electron chi connectivity index (χ3n) is 2.26. The summed E-state index contributed by atoms with van der Waals surface area (Å²) >= 11 is 0. The van der Waals surface area contributed by atoms with Gasteiger partial charge < -0.3 is 4.43 Å². The molecule has 0 saturated heterocycles. The first-order valence-electron chi connectivity index (χ1n) is 5.49. The van der Waals surface area contributed by atoms with Crippen LogP contribution in [0.3, 0.4) is 0 Å². The van der Waals surface area contributed by atoms with E-state index in [2.05, 4.69) is 33.0 Å². The molecule has 0 aliphatic carbocycles. The van der Waals surface area contributed by atoms with Gasteiger partial charge in [0.2, 0.25) is 0 Å². The molecule has 0 aliphatic rings. The lowest BCUT2D eigenvalue weighted by atomic mass is 10.2. The van der Waals surface area contributed by atoms with Gasteiger partial charge in [0.1, 0.15) is 0 Å². The monoisotopic (exact) mass is 213 g/mol. The molecule has 0 amide bonds. The molecule has 0 fully saturated rings. The summed E-state index contributed by atoms with van der Waals surface area (Å²) in [7, 11) is -1.46. The Balaban J connectivity index is 3.56. The van der Waals surface area contributed by atoms with E-state index < -0.39 is 8.32 Å². The Bertz CT molecular complexity index is 184. The van der Waals surface area contributed by atoms with E-state index >= 15 is 0 Å². The highest BCUT2D eigenvalue weighted by molar-refractivity contribution is 6.71. The molecule has 0 aromatic heterocycles. The lowest BCUT2D eigenvalue weighted by molar-refractivity contribution is 0.279. The summed E-state index contributed by atoms with van der Waals surface area (Å²) in [4.78, 5) is 0. The molecule has 0 bridgehead atoms. The van der Waals surface area contributed by atoms with E-state index in [0.717, 1.165) is 31.4 Å². The number of hydrogen-bond acceptors (Lipinski definition) is 2. The van der Waals surface area contributed by atoms with Crippen LogP contribution in [-0.4, -0.2) is 14.9 Å². The number of nitrogens with zero attached hydrogens (tertiary/aromatic N) is 1. The number of nitriles is 1. The van der Waals surface area contributed by atoms with Crippen molar-refractivity contribution in [1.82, 2.24) is 0 Å². The Kier molecular flexibility index (Phi) is 6.86. The fourth-order valence-electron chi connectivity index (χ4n) is 1.24. The second kappa shape index (κ2) is 7.02. The van der Waals surface area contributed by atoms with Crippen LogP contribution in [0.15, 0.2) is 0 Å². The highest BCUT2D eigenvalue weighted by Crippen LogP contribution is 2.16. The minimum atomic E-state index is -1.46. The molecule has 0 aromatic carbocycles. The van der Waals surface area contributed by atoms with Crippen molar-refractivity contribution in [2.45, 2.75) is 52.2 Å².